The fourth-order valence-corrected chi connectivity index (χ4v) is 2.48. The van der Waals surface area contributed by atoms with E-state index in [0.29, 0.717) is 18.8 Å². The number of aromatic nitrogens is 1. The third kappa shape index (κ3) is 1.87. The van der Waals surface area contributed by atoms with Crippen LogP contribution in [0.5, 0.6) is 0 Å². The Morgan fingerprint density at radius 2 is 1.95 bits per heavy atom. The molecule has 1 aromatic heterocycles. The molecule has 2 radical (unpaired) electrons. The molecule has 1 aliphatic rings. The molecule has 92 valence electrons. The standard InChI is InChI=1S/C14H11BN2O2/c15-14(19)17-8-11-5-6-12(9-18)16(11)7-10-3-1-2-4-13(10)17/h1-6,9H,7-8H2. The molecule has 0 fully saturated rings. The van der Waals surface area contributed by atoms with Gasteiger partial charge in [0.1, 0.15) is 0 Å². The van der Waals surface area contributed by atoms with Crippen LogP contribution in [0.4, 0.5) is 10.5 Å². The number of para-hydroxylation sites is 1. The number of aldehydes is 1. The maximum absolute atomic E-state index is 11.6. The van der Waals surface area contributed by atoms with Crippen molar-refractivity contribution in [2.24, 2.45) is 0 Å². The molecule has 0 spiro atoms. The van der Waals surface area contributed by atoms with E-state index in [0.717, 1.165) is 23.2 Å². The van der Waals surface area contributed by atoms with Crippen LogP contribution in [0.2, 0.25) is 0 Å². The highest BCUT2D eigenvalue weighted by molar-refractivity contribution is 6.60. The Kier molecular flexibility index (Phi) is 2.74. The fourth-order valence-electron chi connectivity index (χ4n) is 2.48. The Labute approximate surface area is 112 Å². The topological polar surface area (TPSA) is 42.3 Å². The number of anilines is 1. The number of carbonyl (C=O) groups is 2. The molecule has 2 heterocycles. The summed E-state index contributed by atoms with van der Waals surface area (Å²) in [6.07, 6.45) is 0.825. The average molecular weight is 250 g/mol. The van der Waals surface area contributed by atoms with Gasteiger partial charge in [0.25, 0.3) is 0 Å². The lowest BCUT2D eigenvalue weighted by atomic mass is 10.1. The minimum Gasteiger partial charge on any atom is -0.336 e. The lowest BCUT2D eigenvalue weighted by Crippen LogP contribution is -2.29. The number of rotatable bonds is 1. The summed E-state index contributed by atoms with van der Waals surface area (Å²) in [5.74, 6) is -0.491. The van der Waals surface area contributed by atoms with Crippen molar-refractivity contribution >= 4 is 25.6 Å². The van der Waals surface area contributed by atoms with Crippen molar-refractivity contribution in [1.82, 2.24) is 4.57 Å². The van der Waals surface area contributed by atoms with Gasteiger partial charge in [0.2, 0.25) is 7.85 Å². The van der Waals surface area contributed by atoms with Gasteiger partial charge in [-0.3, -0.25) is 9.59 Å². The Morgan fingerprint density at radius 1 is 1.16 bits per heavy atom. The summed E-state index contributed by atoms with van der Waals surface area (Å²) in [7, 11) is 5.46. The van der Waals surface area contributed by atoms with Gasteiger partial charge >= 0.3 is 0 Å². The zero-order valence-corrected chi connectivity index (χ0v) is 10.2. The SMILES string of the molecule is [B]C(=O)N1Cc2ccc(C=O)n2Cc2ccccc21. The van der Waals surface area contributed by atoms with E-state index < -0.39 is 5.81 Å². The Balaban J connectivity index is 2.18. The fraction of sp³-hybridized carbons (Fsp3) is 0.143. The molecule has 0 N–H and O–H groups in total. The van der Waals surface area contributed by atoms with Crippen molar-refractivity contribution in [3.63, 3.8) is 0 Å². The first-order valence-electron chi connectivity index (χ1n) is 5.99. The van der Waals surface area contributed by atoms with Gasteiger partial charge in [-0.1, -0.05) is 18.2 Å². The summed E-state index contributed by atoms with van der Waals surface area (Å²) in [4.78, 5) is 24.2. The predicted molar refractivity (Wildman–Crippen MR) is 72.7 cm³/mol. The number of fused-ring (bicyclic) bond motifs is 2. The van der Waals surface area contributed by atoms with E-state index >= 15 is 0 Å². The van der Waals surface area contributed by atoms with E-state index in [1.807, 2.05) is 34.9 Å². The molecule has 1 aromatic carbocycles. The summed E-state index contributed by atoms with van der Waals surface area (Å²) in [5, 5.41) is 0. The van der Waals surface area contributed by atoms with Crippen molar-refractivity contribution in [1.29, 1.82) is 0 Å². The van der Waals surface area contributed by atoms with Crippen molar-refractivity contribution in [3.05, 3.63) is 53.3 Å². The normalized spacial score (nSPS) is 13.4. The Morgan fingerprint density at radius 3 is 2.68 bits per heavy atom. The second-order valence-corrected chi connectivity index (χ2v) is 4.51. The minimum atomic E-state index is -0.491. The summed E-state index contributed by atoms with van der Waals surface area (Å²) in [6.45, 7) is 0.941. The summed E-state index contributed by atoms with van der Waals surface area (Å²) in [6, 6.07) is 11.2. The molecular weight excluding hydrogens is 239 g/mol. The van der Waals surface area contributed by atoms with Crippen LogP contribution < -0.4 is 4.90 Å². The summed E-state index contributed by atoms with van der Waals surface area (Å²) < 4.78 is 1.91. The second kappa shape index (κ2) is 4.42. The van der Waals surface area contributed by atoms with E-state index in [4.69, 9.17) is 7.85 Å². The van der Waals surface area contributed by atoms with Gasteiger partial charge in [-0.05, 0) is 23.8 Å². The minimum absolute atomic E-state index is 0.375. The molecule has 3 rings (SSSR count). The molecule has 1 amide bonds. The number of hydrogen-bond donors (Lipinski definition) is 0. The second-order valence-electron chi connectivity index (χ2n) is 4.51. The molecule has 0 atom stereocenters. The maximum atomic E-state index is 11.6. The molecule has 1 aliphatic heterocycles. The van der Waals surface area contributed by atoms with E-state index in [2.05, 4.69) is 0 Å². The third-order valence-electron chi connectivity index (χ3n) is 3.42. The zero-order chi connectivity index (χ0) is 13.4. The van der Waals surface area contributed by atoms with E-state index in [-0.39, 0.29) is 0 Å². The number of benzene rings is 1. The molecular formula is C14H11BN2O2. The van der Waals surface area contributed by atoms with E-state index in [9.17, 15) is 9.59 Å². The molecule has 19 heavy (non-hydrogen) atoms. The van der Waals surface area contributed by atoms with Crippen LogP contribution in [-0.4, -0.2) is 24.5 Å². The van der Waals surface area contributed by atoms with Crippen LogP contribution in [-0.2, 0) is 13.1 Å². The Bertz CT molecular complexity index is 663. The Hall–Kier alpha value is -2.30. The first-order chi connectivity index (χ1) is 9.20. The molecule has 0 saturated heterocycles. The molecule has 0 aliphatic carbocycles. The van der Waals surface area contributed by atoms with Crippen LogP contribution >= 0.6 is 0 Å². The van der Waals surface area contributed by atoms with E-state index in [1.54, 1.807) is 6.07 Å². The quantitative estimate of drug-likeness (QED) is 0.573. The number of carbonyl (C=O) groups excluding carboxylic acids is 2. The zero-order valence-electron chi connectivity index (χ0n) is 10.2. The van der Waals surface area contributed by atoms with Crippen molar-refractivity contribution in [2.45, 2.75) is 13.1 Å². The maximum Gasteiger partial charge on any atom is 0.201 e. The lowest BCUT2D eigenvalue weighted by Gasteiger charge is -2.21. The average Bonchev–Trinajstić information content (AvgIpc) is 2.70. The molecule has 0 bridgehead atoms. The van der Waals surface area contributed by atoms with Crippen LogP contribution in [0.25, 0.3) is 0 Å². The van der Waals surface area contributed by atoms with Gasteiger partial charge < -0.3 is 9.47 Å². The molecule has 5 heteroatoms. The first kappa shape index (κ1) is 11.8. The van der Waals surface area contributed by atoms with Crippen molar-refractivity contribution in [2.75, 3.05) is 4.90 Å². The van der Waals surface area contributed by atoms with Gasteiger partial charge in [0.05, 0.1) is 18.8 Å². The largest absolute Gasteiger partial charge is 0.336 e. The van der Waals surface area contributed by atoms with Gasteiger partial charge in [-0.2, -0.15) is 0 Å². The van der Waals surface area contributed by atoms with Crippen molar-refractivity contribution < 1.29 is 9.59 Å². The molecule has 4 nitrogen and oxygen atoms in total. The molecule has 0 unspecified atom stereocenters. The molecule has 0 saturated carbocycles. The number of amides is 1. The van der Waals surface area contributed by atoms with Gasteiger partial charge in [-0.25, -0.2) is 0 Å². The van der Waals surface area contributed by atoms with Gasteiger partial charge in [0, 0.05) is 11.4 Å². The van der Waals surface area contributed by atoms with E-state index in [1.165, 1.54) is 4.90 Å². The van der Waals surface area contributed by atoms with Gasteiger partial charge in [-0.15, -0.1) is 0 Å². The summed E-state index contributed by atoms with van der Waals surface area (Å²) in [5.41, 5.74) is 3.28. The number of hydrogen-bond acceptors (Lipinski definition) is 2. The van der Waals surface area contributed by atoms with Crippen molar-refractivity contribution in [3.8, 4) is 0 Å². The lowest BCUT2D eigenvalue weighted by molar-refractivity contribution is 0.111. The highest BCUT2D eigenvalue weighted by Gasteiger charge is 2.22. The first-order valence-corrected chi connectivity index (χ1v) is 5.99. The third-order valence-corrected chi connectivity index (χ3v) is 3.42. The van der Waals surface area contributed by atoms with Crippen LogP contribution in [0, 0.1) is 0 Å². The predicted octanol–water partition coefficient (Wildman–Crippen LogP) is 1.96. The van der Waals surface area contributed by atoms with Crippen LogP contribution in [0.3, 0.4) is 0 Å². The van der Waals surface area contributed by atoms with Gasteiger partial charge in [0.15, 0.2) is 12.1 Å². The summed E-state index contributed by atoms with van der Waals surface area (Å²) >= 11 is 0. The monoisotopic (exact) mass is 250 g/mol. The highest BCUT2D eigenvalue weighted by atomic mass is 16.1. The van der Waals surface area contributed by atoms with Crippen LogP contribution in [0.1, 0.15) is 21.7 Å². The molecule has 2 aromatic rings. The van der Waals surface area contributed by atoms with Crippen LogP contribution in [0.15, 0.2) is 36.4 Å². The smallest absolute Gasteiger partial charge is 0.201 e. The highest BCUT2D eigenvalue weighted by Crippen LogP contribution is 2.28. The number of nitrogens with zero attached hydrogens (tertiary/aromatic N) is 2.